The van der Waals surface area contributed by atoms with Gasteiger partial charge in [-0.25, -0.2) is 15.0 Å². The van der Waals surface area contributed by atoms with Gasteiger partial charge in [0.1, 0.15) is 0 Å². The highest BCUT2D eigenvalue weighted by atomic mass is 15.0. The number of hydrogen-bond acceptors (Lipinski definition) is 9. The monoisotopic (exact) mass is 585 g/mol. The summed E-state index contributed by atoms with van der Waals surface area (Å²) in [5.41, 5.74) is 10.2. The quantitative estimate of drug-likeness (QED) is 0.200. The average molecular weight is 586 g/mol. The van der Waals surface area contributed by atoms with Crippen molar-refractivity contribution in [2.24, 2.45) is 0 Å². The first-order chi connectivity index (χ1) is 22.0. The first-order valence-electron chi connectivity index (χ1n) is 14.4. The molecular formula is C36H27N9. The molecule has 9 heteroatoms. The second-order valence-corrected chi connectivity index (χ2v) is 10.8. The lowest BCUT2D eigenvalue weighted by Crippen LogP contribution is -2.01. The van der Waals surface area contributed by atoms with Gasteiger partial charge < -0.3 is 0 Å². The van der Waals surface area contributed by atoms with Gasteiger partial charge in [-0.2, -0.15) is 0 Å². The number of pyridine rings is 6. The molecule has 45 heavy (non-hydrogen) atoms. The topological polar surface area (TPSA) is 116 Å². The van der Waals surface area contributed by atoms with E-state index in [2.05, 4.69) is 29.9 Å². The number of aromatic nitrogens is 9. The third-order valence-electron chi connectivity index (χ3n) is 7.22. The van der Waals surface area contributed by atoms with Crippen LogP contribution in [0.5, 0.6) is 0 Å². The molecule has 0 aliphatic carbocycles. The lowest BCUT2D eigenvalue weighted by Gasteiger charge is -2.09. The zero-order chi connectivity index (χ0) is 30.8. The van der Waals surface area contributed by atoms with E-state index >= 15 is 0 Å². The van der Waals surface area contributed by atoms with Crippen LogP contribution in [-0.4, -0.2) is 44.9 Å². The van der Waals surface area contributed by atoms with E-state index in [4.69, 9.17) is 15.0 Å². The maximum Gasteiger partial charge on any atom is 0.165 e. The van der Waals surface area contributed by atoms with Gasteiger partial charge in [0.15, 0.2) is 17.5 Å². The Morgan fingerprint density at radius 1 is 0.289 bits per heavy atom. The van der Waals surface area contributed by atoms with Crippen LogP contribution in [0.4, 0.5) is 0 Å². The maximum atomic E-state index is 4.84. The van der Waals surface area contributed by atoms with Crippen LogP contribution in [0.2, 0.25) is 0 Å². The maximum absolute atomic E-state index is 4.84. The number of aryl methyl sites for hydroxylation is 3. The van der Waals surface area contributed by atoms with Crippen molar-refractivity contribution in [3.63, 3.8) is 0 Å². The van der Waals surface area contributed by atoms with Crippen molar-refractivity contribution in [3.05, 3.63) is 127 Å². The van der Waals surface area contributed by atoms with E-state index in [9.17, 15) is 0 Å². The summed E-state index contributed by atoms with van der Waals surface area (Å²) < 4.78 is 0. The molecule has 0 amide bonds. The smallest absolute Gasteiger partial charge is 0.165 e. The van der Waals surface area contributed by atoms with Crippen LogP contribution in [0.25, 0.3) is 68.3 Å². The van der Waals surface area contributed by atoms with Crippen LogP contribution in [0, 0.1) is 20.8 Å². The standard InChI is InChI=1S/C36H27N9/c1-22-4-10-28(37-16-22)31-13-7-25(19-40-31)34-43-35(26-8-14-32(41-20-26)29-11-5-23(2)17-38-29)45-36(44-34)27-9-15-33(42-21-27)30-12-6-24(3)18-39-30/h4-21H,1-3H3. The summed E-state index contributed by atoms with van der Waals surface area (Å²) in [6, 6.07) is 23.5. The van der Waals surface area contributed by atoms with Gasteiger partial charge in [0.05, 0.1) is 34.2 Å². The second-order valence-electron chi connectivity index (χ2n) is 10.8. The Morgan fingerprint density at radius 2 is 0.533 bits per heavy atom. The van der Waals surface area contributed by atoms with Crippen molar-refractivity contribution in [2.75, 3.05) is 0 Å². The van der Waals surface area contributed by atoms with E-state index in [1.54, 1.807) is 18.6 Å². The highest BCUT2D eigenvalue weighted by Gasteiger charge is 2.15. The molecule has 7 aromatic rings. The predicted octanol–water partition coefficient (Wildman–Crippen LogP) is 7.17. The average Bonchev–Trinajstić information content (AvgIpc) is 3.09. The molecule has 9 nitrogen and oxygen atoms in total. The zero-order valence-corrected chi connectivity index (χ0v) is 24.9. The fourth-order valence-electron chi connectivity index (χ4n) is 4.65. The Balaban J connectivity index is 1.27. The Morgan fingerprint density at radius 3 is 0.733 bits per heavy atom. The van der Waals surface area contributed by atoms with Crippen molar-refractivity contribution in [3.8, 4) is 68.3 Å². The van der Waals surface area contributed by atoms with E-state index in [1.807, 2.05) is 112 Å². The Hall–Kier alpha value is -6.09. The van der Waals surface area contributed by atoms with Gasteiger partial charge in [-0.15, -0.1) is 0 Å². The second kappa shape index (κ2) is 11.9. The normalized spacial score (nSPS) is 11.0. The molecule has 0 N–H and O–H groups in total. The summed E-state index contributed by atoms with van der Waals surface area (Å²) in [7, 11) is 0. The molecule has 7 aromatic heterocycles. The molecule has 0 aliphatic rings. The highest BCUT2D eigenvalue weighted by Crippen LogP contribution is 2.27. The molecule has 7 rings (SSSR count). The van der Waals surface area contributed by atoms with Crippen LogP contribution in [0.1, 0.15) is 16.7 Å². The third-order valence-corrected chi connectivity index (χ3v) is 7.22. The van der Waals surface area contributed by atoms with Gasteiger partial charge >= 0.3 is 0 Å². The van der Waals surface area contributed by atoms with Gasteiger partial charge in [-0.3, -0.25) is 29.9 Å². The predicted molar refractivity (Wildman–Crippen MR) is 173 cm³/mol. The van der Waals surface area contributed by atoms with Crippen molar-refractivity contribution in [1.82, 2.24) is 44.9 Å². The molecule has 0 saturated heterocycles. The van der Waals surface area contributed by atoms with Gasteiger partial charge in [0.2, 0.25) is 0 Å². The van der Waals surface area contributed by atoms with Crippen LogP contribution < -0.4 is 0 Å². The lowest BCUT2D eigenvalue weighted by molar-refractivity contribution is 1.06. The summed E-state index contributed by atoms with van der Waals surface area (Å²) in [6.07, 6.45) is 10.8. The summed E-state index contributed by atoms with van der Waals surface area (Å²) in [6.45, 7) is 6.02. The van der Waals surface area contributed by atoms with E-state index in [-0.39, 0.29) is 0 Å². The minimum absolute atomic E-state index is 0.486. The molecule has 0 bridgehead atoms. The molecule has 216 valence electrons. The van der Waals surface area contributed by atoms with Crippen LogP contribution >= 0.6 is 0 Å². The molecule has 0 saturated carbocycles. The van der Waals surface area contributed by atoms with Crippen molar-refractivity contribution >= 4 is 0 Å². The molecule has 7 heterocycles. The van der Waals surface area contributed by atoms with Crippen LogP contribution in [0.3, 0.4) is 0 Å². The summed E-state index contributed by atoms with van der Waals surface area (Å²) in [5.74, 6) is 1.46. The minimum atomic E-state index is 0.486. The van der Waals surface area contributed by atoms with Gasteiger partial charge in [0.25, 0.3) is 0 Å². The number of nitrogens with zero attached hydrogens (tertiary/aromatic N) is 9. The van der Waals surface area contributed by atoms with Crippen LogP contribution in [0.15, 0.2) is 110 Å². The fraction of sp³-hybridized carbons (Fsp3) is 0.0833. The first kappa shape index (κ1) is 27.7. The molecule has 0 aliphatic heterocycles. The van der Waals surface area contributed by atoms with E-state index in [0.717, 1.165) is 67.5 Å². The molecule has 0 fully saturated rings. The zero-order valence-electron chi connectivity index (χ0n) is 24.9. The molecule has 0 spiro atoms. The highest BCUT2D eigenvalue weighted by molar-refractivity contribution is 5.69. The largest absolute Gasteiger partial charge is 0.254 e. The van der Waals surface area contributed by atoms with E-state index in [1.165, 1.54) is 0 Å². The van der Waals surface area contributed by atoms with Crippen molar-refractivity contribution in [1.29, 1.82) is 0 Å². The summed E-state index contributed by atoms with van der Waals surface area (Å²) in [4.78, 5) is 42.0. The lowest BCUT2D eigenvalue weighted by atomic mass is 10.1. The Bertz CT molecular complexity index is 1820. The number of hydrogen-bond donors (Lipinski definition) is 0. The molecule has 0 radical (unpaired) electrons. The number of rotatable bonds is 6. The fourth-order valence-corrected chi connectivity index (χ4v) is 4.65. The minimum Gasteiger partial charge on any atom is -0.254 e. The summed E-state index contributed by atoms with van der Waals surface area (Å²) >= 11 is 0. The van der Waals surface area contributed by atoms with Gasteiger partial charge in [0, 0.05) is 53.9 Å². The van der Waals surface area contributed by atoms with Crippen LogP contribution in [-0.2, 0) is 0 Å². The van der Waals surface area contributed by atoms with Crippen molar-refractivity contribution in [2.45, 2.75) is 20.8 Å². The first-order valence-corrected chi connectivity index (χ1v) is 14.4. The third kappa shape index (κ3) is 6.05. The summed E-state index contributed by atoms with van der Waals surface area (Å²) in [5, 5.41) is 0. The Kier molecular flexibility index (Phi) is 7.33. The van der Waals surface area contributed by atoms with E-state index in [0.29, 0.717) is 17.5 Å². The van der Waals surface area contributed by atoms with Gasteiger partial charge in [-0.05, 0) is 92.1 Å². The molecule has 0 unspecified atom stereocenters. The van der Waals surface area contributed by atoms with E-state index < -0.39 is 0 Å². The molecule has 0 atom stereocenters. The molecular weight excluding hydrogens is 558 g/mol. The molecule has 0 aromatic carbocycles. The van der Waals surface area contributed by atoms with Crippen molar-refractivity contribution < 1.29 is 0 Å². The van der Waals surface area contributed by atoms with Gasteiger partial charge in [-0.1, -0.05) is 18.2 Å². The Labute approximate surface area is 260 Å². The SMILES string of the molecule is Cc1ccc(-c2ccc(-c3nc(-c4ccc(-c5ccc(C)cn5)nc4)nc(-c4ccc(-c5ccc(C)cn5)nc4)n3)cn2)nc1.